The number of ether oxygens (including phenoxy) is 2. The van der Waals surface area contributed by atoms with E-state index in [0.29, 0.717) is 24.5 Å². The standard InChI is InChI=1S/C20H20N2O4S/c1-13-8-20(24)22(15-4-2-3-5-18(15)27-13)11-19(23)21-10-14-6-7-16-17(9-14)26-12-25-16/h2-7,9,13H,8,10-12H2,1H3,(H,21,23)/t13-/m1/s1. The molecule has 1 N–H and O–H groups in total. The molecule has 2 heterocycles. The summed E-state index contributed by atoms with van der Waals surface area (Å²) in [6, 6.07) is 13.3. The van der Waals surface area contributed by atoms with Gasteiger partial charge in [0.25, 0.3) is 0 Å². The number of thioether (sulfide) groups is 1. The second-order valence-electron chi connectivity index (χ2n) is 6.54. The van der Waals surface area contributed by atoms with Gasteiger partial charge in [-0.2, -0.15) is 0 Å². The third-order valence-electron chi connectivity index (χ3n) is 4.48. The van der Waals surface area contributed by atoms with Crippen molar-refractivity contribution in [3.05, 3.63) is 48.0 Å². The van der Waals surface area contributed by atoms with Crippen LogP contribution >= 0.6 is 11.8 Å². The molecule has 0 saturated heterocycles. The number of hydrogen-bond donors (Lipinski definition) is 1. The summed E-state index contributed by atoms with van der Waals surface area (Å²) in [5, 5.41) is 3.07. The minimum absolute atomic E-state index is 0.00762. The summed E-state index contributed by atoms with van der Waals surface area (Å²) < 4.78 is 10.6. The van der Waals surface area contributed by atoms with Crippen LogP contribution in [-0.4, -0.2) is 30.4 Å². The molecule has 2 aromatic carbocycles. The summed E-state index contributed by atoms with van der Waals surface area (Å²) in [4.78, 5) is 27.7. The molecule has 2 aromatic rings. The number of fused-ring (bicyclic) bond motifs is 2. The van der Waals surface area contributed by atoms with Gasteiger partial charge in [0.2, 0.25) is 18.6 Å². The molecule has 0 radical (unpaired) electrons. The van der Waals surface area contributed by atoms with E-state index < -0.39 is 0 Å². The summed E-state index contributed by atoms with van der Waals surface area (Å²) in [7, 11) is 0. The second-order valence-corrected chi connectivity index (χ2v) is 8.02. The largest absolute Gasteiger partial charge is 0.454 e. The Hall–Kier alpha value is -2.67. The fourth-order valence-corrected chi connectivity index (χ4v) is 4.27. The first-order valence-electron chi connectivity index (χ1n) is 8.81. The quantitative estimate of drug-likeness (QED) is 0.878. The molecule has 0 spiro atoms. The Bertz CT molecular complexity index is 886. The van der Waals surface area contributed by atoms with Crippen LogP contribution in [-0.2, 0) is 16.1 Å². The maximum Gasteiger partial charge on any atom is 0.240 e. The first-order chi connectivity index (χ1) is 13.1. The number of nitrogens with one attached hydrogen (secondary N) is 1. The van der Waals surface area contributed by atoms with Crippen LogP contribution in [0.1, 0.15) is 18.9 Å². The molecule has 2 amide bonds. The zero-order valence-corrected chi connectivity index (χ0v) is 15.8. The van der Waals surface area contributed by atoms with Gasteiger partial charge in [0.05, 0.1) is 5.69 Å². The van der Waals surface area contributed by atoms with Crippen molar-refractivity contribution in [2.45, 2.75) is 30.0 Å². The predicted octanol–water partition coefficient (Wildman–Crippen LogP) is 2.95. The van der Waals surface area contributed by atoms with E-state index in [4.69, 9.17) is 9.47 Å². The maximum atomic E-state index is 12.6. The average Bonchev–Trinajstić information content (AvgIpc) is 3.08. The van der Waals surface area contributed by atoms with Crippen LogP contribution in [0.4, 0.5) is 5.69 Å². The number of carbonyl (C=O) groups excluding carboxylic acids is 2. The third kappa shape index (κ3) is 3.88. The third-order valence-corrected chi connectivity index (χ3v) is 5.64. The molecule has 1 atom stereocenters. The molecule has 0 aliphatic carbocycles. The highest BCUT2D eigenvalue weighted by Crippen LogP contribution is 2.37. The van der Waals surface area contributed by atoms with E-state index in [1.165, 1.54) is 0 Å². The molecule has 2 aliphatic heterocycles. The number of carbonyl (C=O) groups is 2. The number of nitrogens with zero attached hydrogens (tertiary/aromatic N) is 1. The average molecular weight is 384 g/mol. The van der Waals surface area contributed by atoms with E-state index in [0.717, 1.165) is 16.1 Å². The summed E-state index contributed by atoms with van der Waals surface area (Å²) in [5.41, 5.74) is 1.72. The van der Waals surface area contributed by atoms with Gasteiger partial charge in [0.15, 0.2) is 11.5 Å². The van der Waals surface area contributed by atoms with E-state index in [2.05, 4.69) is 5.32 Å². The van der Waals surface area contributed by atoms with Crippen molar-refractivity contribution < 1.29 is 19.1 Å². The Labute approximate surface area is 161 Å². The van der Waals surface area contributed by atoms with E-state index in [1.54, 1.807) is 16.7 Å². The fraction of sp³-hybridized carbons (Fsp3) is 0.300. The zero-order valence-electron chi connectivity index (χ0n) is 14.9. The Morgan fingerprint density at radius 2 is 2.04 bits per heavy atom. The molecule has 0 unspecified atom stereocenters. The van der Waals surface area contributed by atoms with Gasteiger partial charge in [-0.1, -0.05) is 25.1 Å². The summed E-state index contributed by atoms with van der Waals surface area (Å²) in [5.74, 6) is 1.17. The van der Waals surface area contributed by atoms with Crippen molar-refractivity contribution in [1.29, 1.82) is 0 Å². The van der Waals surface area contributed by atoms with Crippen LogP contribution in [0.5, 0.6) is 11.5 Å². The van der Waals surface area contributed by atoms with Crippen molar-refractivity contribution in [1.82, 2.24) is 5.32 Å². The van der Waals surface area contributed by atoms with Gasteiger partial charge in [0.1, 0.15) is 6.54 Å². The molecular formula is C20H20N2O4S. The molecule has 0 bridgehead atoms. The molecule has 0 aromatic heterocycles. The Kier molecular flexibility index (Phi) is 4.94. The maximum absolute atomic E-state index is 12.6. The van der Waals surface area contributed by atoms with Crippen LogP contribution in [0.25, 0.3) is 0 Å². The first kappa shape index (κ1) is 17.7. The lowest BCUT2D eigenvalue weighted by Crippen LogP contribution is -2.40. The molecule has 0 saturated carbocycles. The van der Waals surface area contributed by atoms with Crippen LogP contribution in [0, 0.1) is 0 Å². The Balaban J connectivity index is 1.43. The lowest BCUT2D eigenvalue weighted by molar-refractivity contribution is -0.123. The van der Waals surface area contributed by atoms with Crippen LogP contribution < -0.4 is 19.7 Å². The van der Waals surface area contributed by atoms with Gasteiger partial charge in [-0.25, -0.2) is 0 Å². The van der Waals surface area contributed by atoms with Gasteiger partial charge in [-0.3, -0.25) is 9.59 Å². The fourth-order valence-electron chi connectivity index (χ4n) is 3.15. The predicted molar refractivity (Wildman–Crippen MR) is 103 cm³/mol. The molecule has 27 heavy (non-hydrogen) atoms. The highest BCUT2D eigenvalue weighted by molar-refractivity contribution is 8.00. The minimum atomic E-state index is -0.199. The molecule has 2 aliphatic rings. The normalized spacial score (nSPS) is 18.0. The first-order valence-corrected chi connectivity index (χ1v) is 9.69. The number of amides is 2. The van der Waals surface area contributed by atoms with E-state index in [1.807, 2.05) is 49.4 Å². The zero-order chi connectivity index (χ0) is 18.8. The molecule has 7 heteroatoms. The minimum Gasteiger partial charge on any atom is -0.454 e. The smallest absolute Gasteiger partial charge is 0.240 e. The van der Waals surface area contributed by atoms with Crippen LogP contribution in [0.2, 0.25) is 0 Å². The number of para-hydroxylation sites is 1. The van der Waals surface area contributed by atoms with Gasteiger partial charge in [0, 0.05) is 23.1 Å². The van der Waals surface area contributed by atoms with Gasteiger partial charge in [-0.15, -0.1) is 11.8 Å². The van der Waals surface area contributed by atoms with Crippen LogP contribution in [0.3, 0.4) is 0 Å². The monoisotopic (exact) mass is 384 g/mol. The Morgan fingerprint density at radius 3 is 2.93 bits per heavy atom. The highest BCUT2D eigenvalue weighted by Gasteiger charge is 2.27. The Morgan fingerprint density at radius 1 is 1.22 bits per heavy atom. The van der Waals surface area contributed by atoms with Gasteiger partial charge >= 0.3 is 0 Å². The number of hydrogen-bond acceptors (Lipinski definition) is 5. The number of anilines is 1. The topological polar surface area (TPSA) is 67.9 Å². The van der Waals surface area contributed by atoms with E-state index in [9.17, 15) is 9.59 Å². The lowest BCUT2D eigenvalue weighted by atomic mass is 10.2. The molecule has 0 fully saturated rings. The molecule has 4 rings (SSSR count). The van der Waals surface area contributed by atoms with Crippen molar-refractivity contribution in [3.8, 4) is 11.5 Å². The summed E-state index contributed by atoms with van der Waals surface area (Å²) in [6.45, 7) is 2.62. The summed E-state index contributed by atoms with van der Waals surface area (Å²) >= 11 is 1.67. The second kappa shape index (κ2) is 7.52. The summed E-state index contributed by atoms with van der Waals surface area (Å²) in [6.07, 6.45) is 0.411. The molecule has 140 valence electrons. The van der Waals surface area contributed by atoms with Crippen molar-refractivity contribution >= 4 is 29.3 Å². The molecule has 6 nitrogen and oxygen atoms in total. The van der Waals surface area contributed by atoms with Gasteiger partial charge < -0.3 is 19.7 Å². The van der Waals surface area contributed by atoms with Crippen LogP contribution in [0.15, 0.2) is 47.4 Å². The highest BCUT2D eigenvalue weighted by atomic mass is 32.2. The molecular weight excluding hydrogens is 364 g/mol. The van der Waals surface area contributed by atoms with E-state index in [-0.39, 0.29) is 30.4 Å². The lowest BCUT2D eigenvalue weighted by Gasteiger charge is -2.22. The van der Waals surface area contributed by atoms with Crippen molar-refractivity contribution in [2.24, 2.45) is 0 Å². The number of rotatable bonds is 4. The number of benzene rings is 2. The van der Waals surface area contributed by atoms with Crippen molar-refractivity contribution in [3.63, 3.8) is 0 Å². The van der Waals surface area contributed by atoms with Gasteiger partial charge in [-0.05, 0) is 29.8 Å². The van der Waals surface area contributed by atoms with Crippen molar-refractivity contribution in [2.75, 3.05) is 18.2 Å². The SMILES string of the molecule is C[C@@H]1CC(=O)N(CC(=O)NCc2ccc3c(c2)OCO3)c2ccccc2S1. The van der Waals surface area contributed by atoms with E-state index >= 15 is 0 Å².